The highest BCUT2D eigenvalue weighted by Crippen LogP contribution is 2.26. The fourth-order valence-corrected chi connectivity index (χ4v) is 2.51. The zero-order valence-corrected chi connectivity index (χ0v) is 14.4. The minimum absolute atomic E-state index is 0.459. The van der Waals surface area contributed by atoms with E-state index in [4.69, 9.17) is 0 Å². The van der Waals surface area contributed by atoms with E-state index < -0.39 is 0 Å². The van der Waals surface area contributed by atoms with Gasteiger partial charge in [0.1, 0.15) is 18.0 Å². The second-order valence-electron chi connectivity index (χ2n) is 5.80. The molecule has 0 aliphatic carbocycles. The van der Waals surface area contributed by atoms with E-state index in [2.05, 4.69) is 54.8 Å². The van der Waals surface area contributed by atoms with Crippen LogP contribution in [0.3, 0.4) is 0 Å². The lowest BCUT2D eigenvalue weighted by Crippen LogP contribution is -2.33. The third-order valence-electron chi connectivity index (χ3n) is 3.72. The molecule has 0 saturated heterocycles. The van der Waals surface area contributed by atoms with Crippen LogP contribution in [-0.4, -0.2) is 29.1 Å². The number of anilines is 2. The van der Waals surface area contributed by atoms with E-state index in [9.17, 15) is 0 Å². The van der Waals surface area contributed by atoms with Crippen molar-refractivity contribution >= 4 is 11.6 Å². The molecule has 0 aliphatic heterocycles. The van der Waals surface area contributed by atoms with Gasteiger partial charge in [0.25, 0.3) is 0 Å². The molecular weight excluding hydrogens is 260 g/mol. The van der Waals surface area contributed by atoms with Crippen molar-refractivity contribution in [2.45, 2.75) is 72.8 Å². The molecule has 1 aromatic rings. The Morgan fingerprint density at radius 1 is 1.10 bits per heavy atom. The third-order valence-corrected chi connectivity index (χ3v) is 3.72. The summed E-state index contributed by atoms with van der Waals surface area (Å²) in [7, 11) is 0. The first kappa shape index (κ1) is 17.7. The fraction of sp³-hybridized carbons (Fsp3) is 0.765. The molecule has 0 saturated carbocycles. The monoisotopic (exact) mass is 292 g/mol. The summed E-state index contributed by atoms with van der Waals surface area (Å²) in [5, 5.41) is 3.44. The number of hydrogen-bond donors (Lipinski definition) is 1. The van der Waals surface area contributed by atoms with Crippen LogP contribution in [0.15, 0.2) is 6.33 Å². The summed E-state index contributed by atoms with van der Waals surface area (Å²) < 4.78 is 0. The largest absolute Gasteiger partial charge is 0.370 e. The summed E-state index contributed by atoms with van der Waals surface area (Å²) in [4.78, 5) is 11.5. The molecule has 1 heterocycles. The Labute approximate surface area is 130 Å². The van der Waals surface area contributed by atoms with E-state index in [-0.39, 0.29) is 0 Å². The summed E-state index contributed by atoms with van der Waals surface area (Å²) in [5.41, 5.74) is 1.25. The van der Waals surface area contributed by atoms with Gasteiger partial charge < -0.3 is 10.2 Å². The molecule has 1 N–H and O–H groups in total. The molecule has 1 rings (SSSR count). The molecule has 0 aliphatic rings. The van der Waals surface area contributed by atoms with E-state index in [0.29, 0.717) is 6.04 Å². The molecule has 0 unspecified atom stereocenters. The predicted octanol–water partition coefficient (Wildman–Crippen LogP) is 4.27. The average Bonchev–Trinajstić information content (AvgIpc) is 2.48. The molecule has 0 atom stereocenters. The number of nitrogens with one attached hydrogen (secondary N) is 1. The van der Waals surface area contributed by atoms with Gasteiger partial charge in [-0.25, -0.2) is 9.97 Å². The first-order valence-corrected chi connectivity index (χ1v) is 8.49. The third kappa shape index (κ3) is 5.18. The van der Waals surface area contributed by atoms with Crippen molar-refractivity contribution in [3.8, 4) is 0 Å². The number of unbranched alkanes of at least 4 members (excludes halogenated alkanes) is 2. The molecule has 1 aromatic heterocycles. The van der Waals surface area contributed by atoms with Gasteiger partial charge in [-0.05, 0) is 33.1 Å². The van der Waals surface area contributed by atoms with Crippen LogP contribution in [0, 0.1) is 0 Å². The SMILES string of the molecule is CCCCCN(c1ncnc(NCCC)c1CC)C(C)C. The number of rotatable bonds is 10. The van der Waals surface area contributed by atoms with Crippen molar-refractivity contribution in [1.29, 1.82) is 0 Å². The molecule has 4 heteroatoms. The molecule has 4 nitrogen and oxygen atoms in total. The van der Waals surface area contributed by atoms with Crippen LogP contribution in [0.5, 0.6) is 0 Å². The zero-order valence-electron chi connectivity index (χ0n) is 14.4. The molecule has 0 bridgehead atoms. The van der Waals surface area contributed by atoms with Gasteiger partial charge in [-0.3, -0.25) is 0 Å². The molecule has 120 valence electrons. The molecule has 0 radical (unpaired) electrons. The Hall–Kier alpha value is -1.32. The second-order valence-corrected chi connectivity index (χ2v) is 5.80. The lowest BCUT2D eigenvalue weighted by Gasteiger charge is -2.30. The van der Waals surface area contributed by atoms with Gasteiger partial charge >= 0.3 is 0 Å². The van der Waals surface area contributed by atoms with E-state index >= 15 is 0 Å². The smallest absolute Gasteiger partial charge is 0.137 e. The maximum Gasteiger partial charge on any atom is 0.137 e. The topological polar surface area (TPSA) is 41.1 Å². The van der Waals surface area contributed by atoms with Gasteiger partial charge in [0.15, 0.2) is 0 Å². The van der Waals surface area contributed by atoms with Crippen LogP contribution >= 0.6 is 0 Å². The van der Waals surface area contributed by atoms with Crippen molar-refractivity contribution in [3.63, 3.8) is 0 Å². The average molecular weight is 292 g/mol. The molecule has 0 spiro atoms. The number of hydrogen-bond acceptors (Lipinski definition) is 4. The summed E-state index contributed by atoms with van der Waals surface area (Å²) in [5.74, 6) is 2.11. The van der Waals surface area contributed by atoms with E-state index in [1.165, 1.54) is 24.8 Å². The van der Waals surface area contributed by atoms with Gasteiger partial charge in [-0.15, -0.1) is 0 Å². The maximum atomic E-state index is 4.59. The van der Waals surface area contributed by atoms with Gasteiger partial charge in [0, 0.05) is 24.7 Å². The van der Waals surface area contributed by atoms with Crippen molar-refractivity contribution in [1.82, 2.24) is 9.97 Å². The lowest BCUT2D eigenvalue weighted by molar-refractivity contribution is 0.616. The van der Waals surface area contributed by atoms with E-state index in [1.807, 2.05) is 0 Å². The van der Waals surface area contributed by atoms with Gasteiger partial charge in [-0.1, -0.05) is 33.6 Å². The summed E-state index contributed by atoms with van der Waals surface area (Å²) in [6, 6.07) is 0.459. The summed E-state index contributed by atoms with van der Waals surface area (Å²) >= 11 is 0. The number of nitrogens with zero attached hydrogens (tertiary/aromatic N) is 3. The molecular formula is C17H32N4. The van der Waals surface area contributed by atoms with Crippen molar-refractivity contribution in [2.75, 3.05) is 23.3 Å². The normalized spacial score (nSPS) is 11.0. The first-order valence-electron chi connectivity index (χ1n) is 8.49. The van der Waals surface area contributed by atoms with E-state index in [0.717, 1.165) is 37.6 Å². The van der Waals surface area contributed by atoms with Crippen LogP contribution in [0.2, 0.25) is 0 Å². The van der Waals surface area contributed by atoms with E-state index in [1.54, 1.807) is 6.33 Å². The minimum atomic E-state index is 0.459. The van der Waals surface area contributed by atoms with Crippen LogP contribution in [0.4, 0.5) is 11.6 Å². The van der Waals surface area contributed by atoms with Crippen molar-refractivity contribution < 1.29 is 0 Å². The van der Waals surface area contributed by atoms with Crippen LogP contribution in [0.1, 0.15) is 65.9 Å². The van der Waals surface area contributed by atoms with Crippen LogP contribution in [0.25, 0.3) is 0 Å². The van der Waals surface area contributed by atoms with Crippen molar-refractivity contribution in [2.24, 2.45) is 0 Å². The quantitative estimate of drug-likeness (QED) is 0.654. The molecule has 0 fully saturated rings. The molecule has 0 amide bonds. The Bertz CT molecular complexity index is 404. The van der Waals surface area contributed by atoms with Gasteiger partial charge in [0.2, 0.25) is 0 Å². The standard InChI is InChI=1S/C17H32N4/c1-6-9-10-12-21(14(4)5)17-15(8-3)16(18-11-7-2)19-13-20-17/h13-14H,6-12H2,1-5H3,(H,18,19,20). The zero-order chi connectivity index (χ0) is 15.7. The highest BCUT2D eigenvalue weighted by molar-refractivity contribution is 5.59. The number of aromatic nitrogens is 2. The Morgan fingerprint density at radius 2 is 1.86 bits per heavy atom. The Kier molecular flexibility index (Phi) is 8.09. The highest BCUT2D eigenvalue weighted by Gasteiger charge is 2.18. The summed E-state index contributed by atoms with van der Waals surface area (Å²) in [6.45, 7) is 13.1. The highest BCUT2D eigenvalue weighted by atomic mass is 15.2. The Balaban J connectivity index is 3.00. The fourth-order valence-electron chi connectivity index (χ4n) is 2.51. The second kappa shape index (κ2) is 9.59. The van der Waals surface area contributed by atoms with Gasteiger partial charge in [-0.2, -0.15) is 0 Å². The molecule has 21 heavy (non-hydrogen) atoms. The molecule has 0 aromatic carbocycles. The van der Waals surface area contributed by atoms with Crippen molar-refractivity contribution in [3.05, 3.63) is 11.9 Å². The van der Waals surface area contributed by atoms with Gasteiger partial charge in [0.05, 0.1) is 0 Å². The van der Waals surface area contributed by atoms with Crippen LogP contribution < -0.4 is 10.2 Å². The first-order chi connectivity index (χ1) is 10.2. The summed E-state index contributed by atoms with van der Waals surface area (Å²) in [6.07, 6.45) is 7.50. The van der Waals surface area contributed by atoms with Crippen LogP contribution in [-0.2, 0) is 6.42 Å². The Morgan fingerprint density at radius 3 is 2.43 bits per heavy atom. The predicted molar refractivity (Wildman–Crippen MR) is 92.2 cm³/mol. The minimum Gasteiger partial charge on any atom is -0.370 e. The maximum absolute atomic E-state index is 4.59. The lowest BCUT2D eigenvalue weighted by atomic mass is 10.1.